The molecule has 1 fully saturated rings. The molecule has 1 saturated heterocycles. The van der Waals surface area contributed by atoms with E-state index >= 15 is 0 Å². The van der Waals surface area contributed by atoms with E-state index in [1.807, 2.05) is 4.90 Å². The highest BCUT2D eigenvalue weighted by Crippen LogP contribution is 2.46. The van der Waals surface area contributed by atoms with Crippen LogP contribution >= 0.6 is 11.3 Å². The molecule has 1 aliphatic heterocycles. The van der Waals surface area contributed by atoms with Crippen molar-refractivity contribution in [3.63, 3.8) is 0 Å². The van der Waals surface area contributed by atoms with Crippen molar-refractivity contribution in [3.05, 3.63) is 46.3 Å². The highest BCUT2D eigenvalue weighted by molar-refractivity contribution is 7.17. The Balaban J connectivity index is 1.61. The molecule has 1 aromatic carbocycles. The number of carboxylic acid groups (broad SMARTS) is 1. The normalized spacial score (nSPS) is 18.9. The van der Waals surface area contributed by atoms with Crippen molar-refractivity contribution < 1.29 is 14.7 Å². The number of rotatable bonds is 2. The minimum atomic E-state index is -0.748. The maximum Gasteiger partial charge on any atom is 0.306 e. The number of carbonyl (C=O) groups excluding carboxylic acids is 1. The Morgan fingerprint density at radius 3 is 2.58 bits per heavy atom. The second-order valence-corrected chi connectivity index (χ2v) is 9.03. The molecule has 4 nitrogen and oxygen atoms in total. The van der Waals surface area contributed by atoms with Crippen LogP contribution in [-0.4, -0.2) is 35.0 Å². The predicted molar refractivity (Wildman–Crippen MR) is 103 cm³/mol. The number of nitrogens with zero attached hydrogens (tertiary/aromatic N) is 1. The van der Waals surface area contributed by atoms with Crippen LogP contribution in [0.25, 0.3) is 10.4 Å². The molecule has 26 heavy (non-hydrogen) atoms. The van der Waals surface area contributed by atoms with Crippen molar-refractivity contribution in [1.29, 1.82) is 0 Å². The van der Waals surface area contributed by atoms with Crippen LogP contribution in [0.5, 0.6) is 0 Å². The molecule has 4 rings (SSSR count). The maximum atomic E-state index is 13.0. The molecule has 2 heterocycles. The van der Waals surface area contributed by atoms with Gasteiger partial charge in [-0.05, 0) is 47.4 Å². The summed E-state index contributed by atoms with van der Waals surface area (Å²) < 4.78 is 0. The first-order valence-electron chi connectivity index (χ1n) is 9.11. The molecule has 0 unspecified atom stereocenters. The van der Waals surface area contributed by atoms with Gasteiger partial charge < -0.3 is 10.0 Å². The number of amides is 1. The fourth-order valence-electron chi connectivity index (χ4n) is 4.22. The van der Waals surface area contributed by atoms with Crippen molar-refractivity contribution >= 4 is 23.2 Å². The molecule has 0 atom stereocenters. The first-order chi connectivity index (χ1) is 12.4. The minimum absolute atomic E-state index is 0.0449. The van der Waals surface area contributed by atoms with Crippen LogP contribution in [0.15, 0.2) is 30.3 Å². The van der Waals surface area contributed by atoms with Gasteiger partial charge in [-0.15, -0.1) is 11.3 Å². The van der Waals surface area contributed by atoms with Gasteiger partial charge in [0.05, 0.1) is 10.8 Å². The number of carboxylic acids is 1. The molecule has 1 amide bonds. The Morgan fingerprint density at radius 1 is 1.19 bits per heavy atom. The number of hydrogen-bond donors (Lipinski definition) is 1. The van der Waals surface area contributed by atoms with Crippen LogP contribution in [0.4, 0.5) is 0 Å². The van der Waals surface area contributed by atoms with Gasteiger partial charge in [-0.3, -0.25) is 9.59 Å². The van der Waals surface area contributed by atoms with Gasteiger partial charge in [0.15, 0.2) is 0 Å². The van der Waals surface area contributed by atoms with Gasteiger partial charge in [0.2, 0.25) is 0 Å². The summed E-state index contributed by atoms with van der Waals surface area (Å²) in [5, 5.41) is 9.13. The monoisotopic (exact) mass is 369 g/mol. The lowest BCUT2D eigenvalue weighted by Crippen LogP contribution is -2.39. The topological polar surface area (TPSA) is 57.6 Å². The quantitative estimate of drug-likeness (QED) is 0.864. The zero-order valence-electron chi connectivity index (χ0n) is 15.1. The third kappa shape index (κ3) is 2.84. The van der Waals surface area contributed by atoms with E-state index in [4.69, 9.17) is 5.11 Å². The fourth-order valence-corrected chi connectivity index (χ4v) is 5.41. The van der Waals surface area contributed by atoms with E-state index in [-0.39, 0.29) is 17.2 Å². The average Bonchev–Trinajstić information content (AvgIpc) is 3.04. The summed E-state index contributed by atoms with van der Waals surface area (Å²) in [6.45, 7) is 5.57. The summed E-state index contributed by atoms with van der Waals surface area (Å²) in [6.07, 6.45) is 2.02. The molecule has 1 N–H and O–H groups in total. The maximum absolute atomic E-state index is 13.0. The van der Waals surface area contributed by atoms with E-state index in [2.05, 4.69) is 44.2 Å². The Bertz CT molecular complexity index is 875. The molecular weight excluding hydrogens is 346 g/mol. The summed E-state index contributed by atoms with van der Waals surface area (Å²) in [5.41, 5.74) is 3.90. The van der Waals surface area contributed by atoms with E-state index in [0.717, 1.165) is 11.3 Å². The summed E-state index contributed by atoms with van der Waals surface area (Å²) >= 11 is 1.58. The molecule has 0 bridgehead atoms. The summed E-state index contributed by atoms with van der Waals surface area (Å²) in [4.78, 5) is 27.9. The van der Waals surface area contributed by atoms with Crippen molar-refractivity contribution in [3.8, 4) is 10.4 Å². The van der Waals surface area contributed by atoms with Crippen molar-refractivity contribution in [1.82, 2.24) is 4.90 Å². The van der Waals surface area contributed by atoms with E-state index in [0.29, 0.717) is 25.9 Å². The number of benzene rings is 1. The molecule has 1 aromatic heterocycles. The molecule has 0 saturated carbocycles. The minimum Gasteiger partial charge on any atom is -0.481 e. The lowest BCUT2D eigenvalue weighted by atomic mass is 9.73. The SMILES string of the molecule is CC1(C)Cc2cc(C(=O)N3CCC(C(=O)O)CC3)sc2-c2ccccc21. The second-order valence-electron chi connectivity index (χ2n) is 7.98. The summed E-state index contributed by atoms with van der Waals surface area (Å²) in [6, 6.07) is 10.5. The Kier molecular flexibility index (Phi) is 4.14. The summed E-state index contributed by atoms with van der Waals surface area (Å²) in [5.74, 6) is -1.02. The van der Waals surface area contributed by atoms with Gasteiger partial charge in [-0.2, -0.15) is 0 Å². The van der Waals surface area contributed by atoms with Gasteiger partial charge in [-0.25, -0.2) is 0 Å². The van der Waals surface area contributed by atoms with Gasteiger partial charge in [-0.1, -0.05) is 38.1 Å². The molecule has 2 aromatic rings. The molecule has 2 aliphatic rings. The van der Waals surface area contributed by atoms with Gasteiger partial charge >= 0.3 is 5.97 Å². The van der Waals surface area contributed by atoms with E-state index < -0.39 is 5.97 Å². The Hall–Kier alpha value is -2.14. The third-order valence-electron chi connectivity index (χ3n) is 5.68. The largest absolute Gasteiger partial charge is 0.481 e. The fraction of sp³-hybridized carbons (Fsp3) is 0.429. The molecule has 0 spiro atoms. The van der Waals surface area contributed by atoms with E-state index in [1.54, 1.807) is 11.3 Å². The number of likely N-dealkylation sites (tertiary alicyclic amines) is 1. The summed E-state index contributed by atoms with van der Waals surface area (Å²) in [7, 11) is 0. The number of thiophene rings is 1. The van der Waals surface area contributed by atoms with Crippen LogP contribution in [0.2, 0.25) is 0 Å². The number of carbonyl (C=O) groups is 2. The third-order valence-corrected chi connectivity index (χ3v) is 6.88. The highest BCUT2D eigenvalue weighted by atomic mass is 32.1. The Labute approximate surface area is 157 Å². The van der Waals surface area contributed by atoms with Crippen LogP contribution in [0.3, 0.4) is 0 Å². The highest BCUT2D eigenvalue weighted by Gasteiger charge is 2.34. The number of fused-ring (bicyclic) bond motifs is 3. The molecular formula is C21H23NO3S. The van der Waals surface area contributed by atoms with E-state index in [1.165, 1.54) is 21.6 Å². The zero-order chi connectivity index (χ0) is 18.5. The zero-order valence-corrected chi connectivity index (χ0v) is 15.9. The van der Waals surface area contributed by atoms with Gasteiger partial charge in [0.25, 0.3) is 5.91 Å². The molecule has 5 heteroatoms. The first kappa shape index (κ1) is 17.3. The van der Waals surface area contributed by atoms with Crippen LogP contribution in [0, 0.1) is 5.92 Å². The van der Waals surface area contributed by atoms with Gasteiger partial charge in [0, 0.05) is 18.0 Å². The predicted octanol–water partition coefficient (Wildman–Crippen LogP) is 4.19. The standard InChI is InChI=1S/C21H23NO3S/c1-21(2)12-14-11-17(26-18(14)15-5-3-4-6-16(15)21)19(23)22-9-7-13(8-10-22)20(24)25/h3-6,11,13H,7-10,12H2,1-2H3,(H,24,25). The van der Waals surface area contributed by atoms with E-state index in [9.17, 15) is 9.59 Å². The average molecular weight is 369 g/mol. The second kappa shape index (κ2) is 6.23. The van der Waals surface area contributed by atoms with Crippen molar-refractivity contribution in [2.24, 2.45) is 5.92 Å². The van der Waals surface area contributed by atoms with Crippen LogP contribution < -0.4 is 0 Å². The van der Waals surface area contributed by atoms with Crippen LogP contribution in [0.1, 0.15) is 47.5 Å². The van der Waals surface area contributed by atoms with Crippen LogP contribution in [-0.2, 0) is 16.6 Å². The van der Waals surface area contributed by atoms with Crippen molar-refractivity contribution in [2.45, 2.75) is 38.5 Å². The lowest BCUT2D eigenvalue weighted by Gasteiger charge is -2.32. The van der Waals surface area contributed by atoms with Crippen molar-refractivity contribution in [2.75, 3.05) is 13.1 Å². The number of piperidine rings is 1. The number of hydrogen-bond acceptors (Lipinski definition) is 3. The lowest BCUT2D eigenvalue weighted by molar-refractivity contribution is -0.143. The number of aliphatic carboxylic acids is 1. The van der Waals surface area contributed by atoms with Gasteiger partial charge in [0.1, 0.15) is 0 Å². The molecule has 136 valence electrons. The molecule has 1 aliphatic carbocycles. The smallest absolute Gasteiger partial charge is 0.306 e. The first-order valence-corrected chi connectivity index (χ1v) is 9.93. The molecule has 0 radical (unpaired) electrons. The Morgan fingerprint density at radius 2 is 1.88 bits per heavy atom.